The monoisotopic (exact) mass is 782 g/mol. The molecular formula is C50H50N6O3. The Kier molecular flexibility index (Phi) is 19.7. The molecule has 6 aromatic carbocycles. The molecule has 0 bridgehead atoms. The van der Waals surface area contributed by atoms with E-state index in [0.29, 0.717) is 24.2 Å². The van der Waals surface area contributed by atoms with Crippen LogP contribution in [-0.4, -0.2) is 70.9 Å². The van der Waals surface area contributed by atoms with Crippen molar-refractivity contribution in [3.8, 4) is 22.5 Å². The lowest BCUT2D eigenvalue weighted by Crippen LogP contribution is -2.22. The SMILES string of the molecule is CCO.NCCN.O=C(C(=O)c1ccccc1)c1ccccc1.c1ccc(-c2nccnc2-c2ccccc2)cc1.c1ccc(C2=NCCN=C2c2ccccc2)cc1. The van der Waals surface area contributed by atoms with Gasteiger partial charge in [0.2, 0.25) is 11.6 Å². The van der Waals surface area contributed by atoms with Gasteiger partial charge in [-0.3, -0.25) is 29.5 Å². The molecule has 9 heteroatoms. The number of hydrogen-bond acceptors (Lipinski definition) is 9. The Morgan fingerprint density at radius 1 is 0.458 bits per heavy atom. The zero-order valence-corrected chi connectivity index (χ0v) is 33.2. The van der Waals surface area contributed by atoms with Crippen molar-refractivity contribution in [2.45, 2.75) is 6.92 Å². The maximum absolute atomic E-state index is 11.8. The lowest BCUT2D eigenvalue weighted by atomic mass is 9.99. The fourth-order valence-corrected chi connectivity index (χ4v) is 5.52. The van der Waals surface area contributed by atoms with Crippen molar-refractivity contribution >= 4 is 23.0 Å². The summed E-state index contributed by atoms with van der Waals surface area (Å²) >= 11 is 0. The van der Waals surface area contributed by atoms with Crippen LogP contribution in [0.15, 0.2) is 204 Å². The number of nitrogens with zero attached hydrogens (tertiary/aromatic N) is 4. The van der Waals surface area contributed by atoms with Crippen LogP contribution in [-0.2, 0) is 0 Å². The van der Waals surface area contributed by atoms with Crippen molar-refractivity contribution in [1.82, 2.24) is 9.97 Å². The smallest absolute Gasteiger partial charge is 0.233 e. The summed E-state index contributed by atoms with van der Waals surface area (Å²) in [6, 6.07) is 57.9. The quantitative estimate of drug-likeness (QED) is 0.103. The number of aliphatic imine (C=N–C) groups is 2. The van der Waals surface area contributed by atoms with Gasteiger partial charge in [-0.2, -0.15) is 0 Å². The predicted molar refractivity (Wildman–Crippen MR) is 241 cm³/mol. The van der Waals surface area contributed by atoms with E-state index >= 15 is 0 Å². The van der Waals surface area contributed by atoms with Crippen molar-refractivity contribution in [1.29, 1.82) is 0 Å². The number of carbonyl (C=O) groups is 2. The number of aliphatic hydroxyl groups excluding tert-OH is 1. The number of Topliss-reactive ketones (excluding diaryl/α,β-unsaturated/α-hetero) is 2. The molecular weight excluding hydrogens is 733 g/mol. The van der Waals surface area contributed by atoms with Gasteiger partial charge in [0.05, 0.1) is 35.9 Å². The van der Waals surface area contributed by atoms with Gasteiger partial charge in [0.1, 0.15) is 0 Å². The fourth-order valence-electron chi connectivity index (χ4n) is 5.52. The van der Waals surface area contributed by atoms with Crippen molar-refractivity contribution in [3.63, 3.8) is 0 Å². The third-order valence-corrected chi connectivity index (χ3v) is 8.20. The molecule has 8 rings (SSSR count). The summed E-state index contributed by atoms with van der Waals surface area (Å²) in [5.41, 5.74) is 19.0. The largest absolute Gasteiger partial charge is 0.397 e. The van der Waals surface area contributed by atoms with Crippen LogP contribution >= 0.6 is 0 Å². The first-order valence-electron chi connectivity index (χ1n) is 19.3. The highest BCUT2D eigenvalue weighted by molar-refractivity contribution is 6.53. The topological polar surface area (TPSA) is 157 Å². The molecule has 0 unspecified atom stereocenters. The highest BCUT2D eigenvalue weighted by Gasteiger charge is 2.17. The van der Waals surface area contributed by atoms with E-state index in [1.165, 1.54) is 0 Å². The van der Waals surface area contributed by atoms with Gasteiger partial charge >= 0.3 is 0 Å². The zero-order valence-electron chi connectivity index (χ0n) is 33.2. The van der Waals surface area contributed by atoms with E-state index in [4.69, 9.17) is 16.6 Å². The lowest BCUT2D eigenvalue weighted by molar-refractivity contribution is 0.0817. The summed E-state index contributed by atoms with van der Waals surface area (Å²) in [6.45, 7) is 4.68. The highest BCUT2D eigenvalue weighted by Crippen LogP contribution is 2.27. The molecule has 0 radical (unpaired) electrons. The maximum atomic E-state index is 11.8. The second-order valence-corrected chi connectivity index (χ2v) is 12.5. The van der Waals surface area contributed by atoms with Gasteiger partial charge in [-0.25, -0.2) is 0 Å². The molecule has 0 aliphatic carbocycles. The number of nitrogens with two attached hydrogens (primary N) is 2. The molecule has 1 aliphatic rings. The van der Waals surface area contributed by atoms with Crippen molar-refractivity contribution in [2.75, 3.05) is 32.8 Å². The van der Waals surface area contributed by atoms with Gasteiger partial charge in [0, 0.05) is 65.5 Å². The van der Waals surface area contributed by atoms with Gasteiger partial charge in [-0.15, -0.1) is 0 Å². The van der Waals surface area contributed by atoms with Gasteiger partial charge in [0.25, 0.3) is 0 Å². The Bertz CT molecular complexity index is 2140. The Hall–Kier alpha value is -7.04. The third-order valence-electron chi connectivity index (χ3n) is 8.20. The minimum atomic E-state index is -0.466. The van der Waals surface area contributed by atoms with Crippen LogP contribution < -0.4 is 11.5 Å². The molecule has 0 amide bonds. The first-order valence-corrected chi connectivity index (χ1v) is 19.3. The molecule has 9 nitrogen and oxygen atoms in total. The average molecular weight is 783 g/mol. The van der Waals surface area contributed by atoms with Gasteiger partial charge < -0.3 is 16.6 Å². The van der Waals surface area contributed by atoms with E-state index in [2.05, 4.69) is 68.5 Å². The van der Waals surface area contributed by atoms with Crippen molar-refractivity contribution < 1.29 is 14.7 Å². The van der Waals surface area contributed by atoms with Gasteiger partial charge in [-0.1, -0.05) is 182 Å². The number of carbonyl (C=O) groups excluding carboxylic acids is 2. The molecule has 59 heavy (non-hydrogen) atoms. The molecule has 5 N–H and O–H groups in total. The standard InChI is InChI=1S/C16H14N2.C16H12N2.C14H10O2.C2H8N2.C2H6O/c2*1-3-7-13(8-4-1)15-16(18-12-11-17-15)14-9-5-2-6-10-14;15-13(11-7-3-1-4-8-11)14(16)12-9-5-2-6-10-12;3-1-2-4;1-2-3/h1-10H,11-12H2;1-12H;1-10H;1-4H2;3H,2H2,1H3. The lowest BCUT2D eigenvalue weighted by Gasteiger charge is -2.14. The van der Waals surface area contributed by atoms with Crippen LogP contribution in [0.1, 0.15) is 38.8 Å². The van der Waals surface area contributed by atoms with E-state index in [1.807, 2.05) is 84.9 Å². The second-order valence-electron chi connectivity index (χ2n) is 12.5. The second kappa shape index (κ2) is 26.0. The third kappa shape index (κ3) is 14.4. The van der Waals surface area contributed by atoms with Crippen LogP contribution in [0.5, 0.6) is 0 Å². The average Bonchev–Trinajstić information content (AvgIpc) is 3.33. The normalized spacial score (nSPS) is 11.1. The molecule has 0 saturated heterocycles. The molecule has 0 saturated carbocycles. The molecule has 0 spiro atoms. The van der Waals surface area contributed by atoms with E-state index in [0.717, 1.165) is 58.2 Å². The van der Waals surface area contributed by atoms with E-state index in [9.17, 15) is 9.59 Å². The van der Waals surface area contributed by atoms with Gasteiger partial charge in [0.15, 0.2) is 0 Å². The van der Waals surface area contributed by atoms with Crippen LogP contribution in [0.3, 0.4) is 0 Å². The molecule has 0 fully saturated rings. The molecule has 1 aliphatic heterocycles. The van der Waals surface area contributed by atoms with Crippen LogP contribution in [0.4, 0.5) is 0 Å². The van der Waals surface area contributed by atoms with Gasteiger partial charge in [-0.05, 0) is 6.92 Å². The summed E-state index contributed by atoms with van der Waals surface area (Å²) in [6.07, 6.45) is 3.46. The van der Waals surface area contributed by atoms with Crippen LogP contribution in [0.25, 0.3) is 22.5 Å². The van der Waals surface area contributed by atoms with E-state index < -0.39 is 11.6 Å². The number of hydrogen-bond donors (Lipinski definition) is 3. The summed E-state index contributed by atoms with van der Waals surface area (Å²) in [5, 5.41) is 7.57. The molecule has 0 atom stereocenters. The summed E-state index contributed by atoms with van der Waals surface area (Å²) in [5.74, 6) is -0.932. The minimum absolute atomic E-state index is 0.250. The first-order chi connectivity index (χ1) is 29.0. The first kappa shape index (κ1) is 44.7. The van der Waals surface area contributed by atoms with E-state index in [1.54, 1.807) is 67.8 Å². The van der Waals surface area contributed by atoms with E-state index in [-0.39, 0.29) is 6.61 Å². The number of benzene rings is 6. The summed E-state index contributed by atoms with van der Waals surface area (Å²) in [4.78, 5) is 41.8. The van der Waals surface area contributed by atoms with Crippen molar-refractivity contribution in [3.05, 3.63) is 217 Å². The molecule has 1 aromatic heterocycles. The number of aromatic nitrogens is 2. The van der Waals surface area contributed by atoms with Crippen LogP contribution in [0.2, 0.25) is 0 Å². The van der Waals surface area contributed by atoms with Crippen LogP contribution in [0, 0.1) is 0 Å². The fraction of sp³-hybridized carbons (Fsp3) is 0.120. The summed E-state index contributed by atoms with van der Waals surface area (Å²) in [7, 11) is 0. The number of ketones is 2. The zero-order chi connectivity index (χ0) is 41.9. The molecule has 7 aromatic rings. The molecule has 298 valence electrons. The molecule has 2 heterocycles. The minimum Gasteiger partial charge on any atom is -0.397 e. The summed E-state index contributed by atoms with van der Waals surface area (Å²) < 4.78 is 0. The van der Waals surface area contributed by atoms with Crippen molar-refractivity contribution in [2.24, 2.45) is 21.5 Å². The Labute approximate surface area is 346 Å². The Balaban J connectivity index is 0.000000181. The predicted octanol–water partition coefficient (Wildman–Crippen LogP) is 8.44. The highest BCUT2D eigenvalue weighted by atomic mass is 16.2. The Morgan fingerprint density at radius 2 is 0.712 bits per heavy atom. The Morgan fingerprint density at radius 3 is 0.983 bits per heavy atom. The number of rotatable bonds is 8. The number of aliphatic hydroxyl groups is 1. The maximum Gasteiger partial charge on any atom is 0.233 e.